The van der Waals surface area contributed by atoms with Gasteiger partial charge in [-0.1, -0.05) is 11.6 Å². The lowest BCUT2D eigenvalue weighted by Gasteiger charge is -2.16. The topological polar surface area (TPSA) is 106 Å². The Morgan fingerprint density at radius 3 is 2.83 bits per heavy atom. The zero-order chi connectivity index (χ0) is 17.0. The van der Waals surface area contributed by atoms with Crippen LogP contribution in [0, 0.1) is 10.1 Å². The summed E-state index contributed by atoms with van der Waals surface area (Å²) in [5, 5.41) is 23.8. The van der Waals surface area contributed by atoms with E-state index in [1.807, 2.05) is 0 Å². The molecule has 2 atom stereocenters. The molecule has 122 valence electrons. The first kappa shape index (κ1) is 17.0. The third kappa shape index (κ3) is 4.30. The summed E-state index contributed by atoms with van der Waals surface area (Å²) < 4.78 is 5.08. The number of amides is 1. The van der Waals surface area contributed by atoms with E-state index in [0.717, 1.165) is 0 Å². The van der Waals surface area contributed by atoms with Crippen LogP contribution in [-0.2, 0) is 0 Å². The van der Waals surface area contributed by atoms with Crippen LogP contribution in [0.3, 0.4) is 0 Å². The molecule has 0 aliphatic rings. The number of nitro benzene ring substituents is 1. The van der Waals surface area contributed by atoms with Crippen molar-refractivity contribution in [3.05, 3.63) is 63.1 Å². The van der Waals surface area contributed by atoms with Gasteiger partial charge in [-0.15, -0.1) is 0 Å². The van der Waals surface area contributed by atoms with E-state index in [2.05, 4.69) is 5.32 Å². The van der Waals surface area contributed by atoms with Crippen LogP contribution in [0.25, 0.3) is 0 Å². The number of nitrogens with one attached hydrogen (secondary N) is 1. The zero-order valence-corrected chi connectivity index (χ0v) is 13.0. The van der Waals surface area contributed by atoms with E-state index in [-0.39, 0.29) is 22.7 Å². The summed E-state index contributed by atoms with van der Waals surface area (Å²) in [6.07, 6.45) is 0.764. The fraction of sp³-hybridized carbons (Fsp3) is 0.267. The van der Waals surface area contributed by atoms with Crippen molar-refractivity contribution in [1.82, 2.24) is 5.32 Å². The Morgan fingerprint density at radius 1 is 1.48 bits per heavy atom. The number of hydrogen-bond acceptors (Lipinski definition) is 5. The summed E-state index contributed by atoms with van der Waals surface area (Å²) >= 11 is 5.80. The molecule has 0 saturated heterocycles. The summed E-state index contributed by atoms with van der Waals surface area (Å²) in [6.45, 7) is 1.68. The fourth-order valence-electron chi connectivity index (χ4n) is 2.14. The summed E-state index contributed by atoms with van der Waals surface area (Å²) in [5.41, 5.74) is -0.451. The largest absolute Gasteiger partial charge is 0.467 e. The van der Waals surface area contributed by atoms with Crippen LogP contribution in [0.5, 0.6) is 0 Å². The molecule has 2 rings (SSSR count). The molecular formula is C15H15ClN2O5. The number of carbonyl (C=O) groups excluding carboxylic acids is 1. The van der Waals surface area contributed by atoms with Gasteiger partial charge in [0.25, 0.3) is 11.6 Å². The predicted molar refractivity (Wildman–Crippen MR) is 83.3 cm³/mol. The van der Waals surface area contributed by atoms with Gasteiger partial charge in [-0.25, -0.2) is 0 Å². The molecule has 8 heteroatoms. The molecule has 1 heterocycles. The monoisotopic (exact) mass is 338 g/mol. The summed E-state index contributed by atoms with van der Waals surface area (Å²) in [7, 11) is 0. The lowest BCUT2D eigenvalue weighted by Crippen LogP contribution is -2.34. The van der Waals surface area contributed by atoms with Gasteiger partial charge in [0.15, 0.2) is 0 Å². The van der Waals surface area contributed by atoms with Crippen LogP contribution >= 0.6 is 11.6 Å². The minimum atomic E-state index is -0.880. The van der Waals surface area contributed by atoms with Crippen molar-refractivity contribution in [1.29, 1.82) is 0 Å². The second kappa shape index (κ2) is 7.26. The number of furan rings is 1. The average Bonchev–Trinajstić information content (AvgIpc) is 3.00. The van der Waals surface area contributed by atoms with E-state index in [0.29, 0.717) is 5.76 Å². The molecule has 23 heavy (non-hydrogen) atoms. The Hall–Kier alpha value is -2.38. The van der Waals surface area contributed by atoms with Gasteiger partial charge in [-0.2, -0.15) is 0 Å². The number of rotatable bonds is 6. The summed E-state index contributed by atoms with van der Waals surface area (Å²) in [4.78, 5) is 22.6. The number of benzene rings is 1. The van der Waals surface area contributed by atoms with Gasteiger partial charge in [0, 0.05) is 23.6 Å². The van der Waals surface area contributed by atoms with Gasteiger partial charge in [0.1, 0.15) is 17.4 Å². The SMILES string of the molecule is CC(CC(O)c1ccco1)NC(=O)c1cc(Cl)ccc1[N+](=O)[O-]. The smallest absolute Gasteiger partial charge is 0.282 e. The van der Waals surface area contributed by atoms with E-state index in [4.69, 9.17) is 16.0 Å². The van der Waals surface area contributed by atoms with Crippen molar-refractivity contribution in [2.45, 2.75) is 25.5 Å². The van der Waals surface area contributed by atoms with E-state index >= 15 is 0 Å². The van der Waals surface area contributed by atoms with E-state index < -0.39 is 23.0 Å². The van der Waals surface area contributed by atoms with Crippen molar-refractivity contribution in [3.8, 4) is 0 Å². The van der Waals surface area contributed by atoms with Gasteiger partial charge in [0.05, 0.1) is 11.2 Å². The number of hydrogen-bond donors (Lipinski definition) is 2. The van der Waals surface area contributed by atoms with Crippen molar-refractivity contribution < 1.29 is 19.2 Å². The Morgan fingerprint density at radius 2 is 2.22 bits per heavy atom. The summed E-state index contributed by atoms with van der Waals surface area (Å²) in [6, 6.07) is 6.62. The third-order valence-corrected chi connectivity index (χ3v) is 3.46. The first-order chi connectivity index (χ1) is 10.9. The van der Waals surface area contributed by atoms with Crippen molar-refractivity contribution in [2.75, 3.05) is 0 Å². The molecule has 0 radical (unpaired) electrons. The van der Waals surface area contributed by atoms with Gasteiger partial charge >= 0.3 is 0 Å². The van der Waals surface area contributed by atoms with E-state index in [1.165, 1.54) is 24.5 Å². The van der Waals surface area contributed by atoms with Gasteiger partial charge in [0.2, 0.25) is 0 Å². The third-order valence-electron chi connectivity index (χ3n) is 3.23. The van der Waals surface area contributed by atoms with E-state index in [9.17, 15) is 20.0 Å². The molecule has 0 saturated carbocycles. The number of aliphatic hydroxyl groups excluding tert-OH is 1. The molecule has 0 bridgehead atoms. The standard InChI is InChI=1S/C15H15ClN2O5/c1-9(7-13(19)14-3-2-6-23-14)17-15(20)11-8-10(16)4-5-12(11)18(21)22/h2-6,8-9,13,19H,7H2,1H3,(H,17,20). The molecule has 0 fully saturated rings. The molecule has 2 N–H and O–H groups in total. The van der Waals surface area contributed by atoms with Crippen molar-refractivity contribution >= 4 is 23.2 Å². The molecule has 2 aromatic rings. The Kier molecular flexibility index (Phi) is 5.36. The first-order valence-electron chi connectivity index (χ1n) is 6.84. The minimum absolute atomic E-state index is 0.123. The van der Waals surface area contributed by atoms with Crippen LogP contribution in [0.15, 0.2) is 41.0 Å². The van der Waals surface area contributed by atoms with Crippen LogP contribution < -0.4 is 5.32 Å². The molecule has 1 aromatic heterocycles. The molecule has 1 amide bonds. The number of nitro groups is 1. The Bertz CT molecular complexity index is 702. The second-order valence-electron chi connectivity index (χ2n) is 5.06. The number of aliphatic hydroxyl groups is 1. The molecule has 7 nitrogen and oxygen atoms in total. The minimum Gasteiger partial charge on any atom is -0.467 e. The maximum absolute atomic E-state index is 12.2. The lowest BCUT2D eigenvalue weighted by atomic mass is 10.1. The van der Waals surface area contributed by atoms with Gasteiger partial charge in [-0.05, 0) is 31.2 Å². The highest BCUT2D eigenvalue weighted by molar-refractivity contribution is 6.31. The van der Waals surface area contributed by atoms with Crippen LogP contribution in [0.4, 0.5) is 5.69 Å². The zero-order valence-electron chi connectivity index (χ0n) is 12.2. The number of nitrogens with zero attached hydrogens (tertiary/aromatic N) is 1. The quantitative estimate of drug-likeness (QED) is 0.622. The molecule has 0 aliphatic carbocycles. The molecule has 0 spiro atoms. The summed E-state index contributed by atoms with van der Waals surface area (Å²) in [5.74, 6) is -0.238. The van der Waals surface area contributed by atoms with Crippen LogP contribution in [0.1, 0.15) is 35.6 Å². The van der Waals surface area contributed by atoms with Crippen molar-refractivity contribution in [2.24, 2.45) is 0 Å². The molecule has 0 aliphatic heterocycles. The second-order valence-corrected chi connectivity index (χ2v) is 5.50. The maximum Gasteiger partial charge on any atom is 0.282 e. The molecule has 1 aromatic carbocycles. The van der Waals surface area contributed by atoms with Crippen molar-refractivity contribution in [3.63, 3.8) is 0 Å². The normalized spacial score (nSPS) is 13.3. The number of halogens is 1. The predicted octanol–water partition coefficient (Wildman–Crippen LogP) is 3.08. The molecule has 2 unspecified atom stereocenters. The maximum atomic E-state index is 12.2. The van der Waals surface area contributed by atoms with Gasteiger partial charge < -0.3 is 14.8 Å². The fourth-order valence-corrected chi connectivity index (χ4v) is 2.31. The average molecular weight is 339 g/mol. The van der Waals surface area contributed by atoms with E-state index in [1.54, 1.807) is 19.1 Å². The highest BCUT2D eigenvalue weighted by Crippen LogP contribution is 2.23. The highest BCUT2D eigenvalue weighted by atomic mass is 35.5. The van der Waals surface area contributed by atoms with Crippen LogP contribution in [-0.4, -0.2) is 22.0 Å². The Balaban J connectivity index is 2.07. The molecular weight excluding hydrogens is 324 g/mol. The lowest BCUT2D eigenvalue weighted by molar-refractivity contribution is -0.385. The van der Waals surface area contributed by atoms with Crippen LogP contribution in [0.2, 0.25) is 5.02 Å². The highest BCUT2D eigenvalue weighted by Gasteiger charge is 2.23. The Labute approximate surface area is 137 Å². The first-order valence-corrected chi connectivity index (χ1v) is 7.22. The van der Waals surface area contributed by atoms with Gasteiger partial charge in [-0.3, -0.25) is 14.9 Å². The number of carbonyl (C=O) groups is 1.